The summed E-state index contributed by atoms with van der Waals surface area (Å²) in [5.41, 5.74) is 6.91. The van der Waals surface area contributed by atoms with Crippen LogP contribution in [0.5, 0.6) is 11.5 Å². The van der Waals surface area contributed by atoms with Crippen molar-refractivity contribution in [3.63, 3.8) is 0 Å². The van der Waals surface area contributed by atoms with Gasteiger partial charge in [-0.25, -0.2) is 0 Å². The van der Waals surface area contributed by atoms with E-state index in [0.29, 0.717) is 30.9 Å². The number of nitrogens with zero attached hydrogens (tertiary/aromatic N) is 1. The molecule has 2 rings (SSSR count). The third-order valence-electron chi connectivity index (χ3n) is 4.28. The van der Waals surface area contributed by atoms with Gasteiger partial charge >= 0.3 is 6.61 Å². The summed E-state index contributed by atoms with van der Waals surface area (Å²) >= 11 is 0. The molecule has 0 spiro atoms. The van der Waals surface area contributed by atoms with Crippen LogP contribution in [-0.2, 0) is 6.54 Å². The Kier molecular flexibility index (Phi) is 6.59. The highest BCUT2D eigenvalue weighted by Gasteiger charge is 2.25. The molecule has 1 aromatic carbocycles. The van der Waals surface area contributed by atoms with Crippen LogP contribution in [0.2, 0.25) is 0 Å². The van der Waals surface area contributed by atoms with Crippen molar-refractivity contribution in [1.29, 1.82) is 0 Å². The lowest BCUT2D eigenvalue weighted by atomic mass is 9.92. The summed E-state index contributed by atoms with van der Waals surface area (Å²) in [6, 6.07) is 5.51. The molecule has 0 aromatic heterocycles. The van der Waals surface area contributed by atoms with Crippen molar-refractivity contribution in [3.8, 4) is 11.5 Å². The molecule has 1 fully saturated rings. The lowest BCUT2D eigenvalue weighted by molar-refractivity contribution is -0.0514. The molecule has 130 valence electrons. The van der Waals surface area contributed by atoms with Crippen molar-refractivity contribution in [2.75, 3.05) is 19.7 Å². The zero-order valence-corrected chi connectivity index (χ0v) is 13.8. The van der Waals surface area contributed by atoms with Crippen LogP contribution in [0.3, 0.4) is 0 Å². The van der Waals surface area contributed by atoms with E-state index in [0.717, 1.165) is 31.5 Å². The van der Waals surface area contributed by atoms with E-state index in [1.807, 2.05) is 13.0 Å². The second kappa shape index (κ2) is 8.45. The zero-order valence-electron chi connectivity index (χ0n) is 13.8. The van der Waals surface area contributed by atoms with Gasteiger partial charge in [-0.2, -0.15) is 8.78 Å². The molecule has 0 aliphatic carbocycles. The number of ether oxygens (including phenoxy) is 2. The molecular formula is C17H26F2N2O2. The van der Waals surface area contributed by atoms with Gasteiger partial charge in [0.15, 0.2) is 11.5 Å². The smallest absolute Gasteiger partial charge is 0.387 e. The van der Waals surface area contributed by atoms with Gasteiger partial charge in [-0.15, -0.1) is 0 Å². The molecule has 23 heavy (non-hydrogen) atoms. The van der Waals surface area contributed by atoms with E-state index < -0.39 is 6.61 Å². The first-order valence-electron chi connectivity index (χ1n) is 8.18. The first-order chi connectivity index (χ1) is 11.0. The van der Waals surface area contributed by atoms with Gasteiger partial charge in [0, 0.05) is 19.1 Å². The molecule has 6 heteroatoms. The summed E-state index contributed by atoms with van der Waals surface area (Å²) < 4.78 is 34.8. The molecule has 4 nitrogen and oxygen atoms in total. The van der Waals surface area contributed by atoms with Crippen LogP contribution in [0, 0.1) is 5.92 Å². The van der Waals surface area contributed by atoms with E-state index in [9.17, 15) is 8.78 Å². The van der Waals surface area contributed by atoms with E-state index in [4.69, 9.17) is 10.5 Å². The normalized spacial score (nSPS) is 22.3. The van der Waals surface area contributed by atoms with Gasteiger partial charge in [-0.1, -0.05) is 13.0 Å². The summed E-state index contributed by atoms with van der Waals surface area (Å²) in [6.45, 7) is 3.99. The molecule has 1 heterocycles. The topological polar surface area (TPSA) is 47.7 Å². The van der Waals surface area contributed by atoms with Crippen molar-refractivity contribution in [2.24, 2.45) is 11.7 Å². The molecule has 1 aliphatic heterocycles. The second-order valence-electron chi connectivity index (χ2n) is 6.08. The molecule has 1 aromatic rings. The van der Waals surface area contributed by atoms with E-state index in [1.54, 1.807) is 12.1 Å². The Morgan fingerprint density at radius 1 is 1.35 bits per heavy atom. The predicted octanol–water partition coefficient (Wildman–Crippen LogP) is 3.25. The molecule has 0 amide bonds. The zero-order chi connectivity index (χ0) is 16.8. The van der Waals surface area contributed by atoms with Crippen molar-refractivity contribution in [1.82, 2.24) is 4.90 Å². The van der Waals surface area contributed by atoms with Crippen molar-refractivity contribution < 1.29 is 18.3 Å². The van der Waals surface area contributed by atoms with Crippen LogP contribution in [-0.4, -0.2) is 37.2 Å². The predicted molar refractivity (Wildman–Crippen MR) is 85.9 cm³/mol. The molecule has 0 bridgehead atoms. The van der Waals surface area contributed by atoms with Crippen molar-refractivity contribution in [3.05, 3.63) is 23.8 Å². The molecule has 2 unspecified atom stereocenters. The molecule has 2 atom stereocenters. The van der Waals surface area contributed by atoms with Crippen LogP contribution in [0.4, 0.5) is 8.78 Å². The van der Waals surface area contributed by atoms with Gasteiger partial charge in [0.2, 0.25) is 0 Å². The Bertz CT molecular complexity index is 499. The number of halogens is 2. The number of hydrogen-bond acceptors (Lipinski definition) is 4. The summed E-state index contributed by atoms with van der Waals surface area (Å²) in [5, 5.41) is 0. The minimum absolute atomic E-state index is 0.0771. The summed E-state index contributed by atoms with van der Waals surface area (Å²) in [4.78, 5) is 2.36. The maximum atomic E-state index is 12.4. The van der Waals surface area contributed by atoms with E-state index >= 15 is 0 Å². The van der Waals surface area contributed by atoms with Gasteiger partial charge in [-0.05, 0) is 49.9 Å². The molecule has 1 aliphatic rings. The molecule has 1 saturated heterocycles. The molecule has 2 N–H and O–H groups in total. The van der Waals surface area contributed by atoms with Crippen LogP contribution in [0.15, 0.2) is 18.2 Å². The fraction of sp³-hybridized carbons (Fsp3) is 0.647. The number of likely N-dealkylation sites (tertiary alicyclic amines) is 1. The second-order valence-corrected chi connectivity index (χ2v) is 6.08. The van der Waals surface area contributed by atoms with Gasteiger partial charge in [0.1, 0.15) is 0 Å². The number of benzene rings is 1. The third-order valence-corrected chi connectivity index (χ3v) is 4.28. The van der Waals surface area contributed by atoms with E-state index in [-0.39, 0.29) is 5.75 Å². The largest absolute Gasteiger partial charge is 0.490 e. The number of nitrogens with two attached hydrogens (primary N) is 1. The molecule has 0 radical (unpaired) electrons. The van der Waals surface area contributed by atoms with E-state index in [2.05, 4.69) is 16.6 Å². The molecular weight excluding hydrogens is 302 g/mol. The fourth-order valence-electron chi connectivity index (χ4n) is 3.10. The Morgan fingerprint density at radius 2 is 2.13 bits per heavy atom. The minimum atomic E-state index is -2.86. The van der Waals surface area contributed by atoms with Crippen molar-refractivity contribution in [2.45, 2.75) is 45.9 Å². The van der Waals surface area contributed by atoms with Crippen molar-refractivity contribution >= 4 is 0 Å². The average molecular weight is 328 g/mol. The summed E-state index contributed by atoms with van der Waals surface area (Å²) in [5.74, 6) is 1.13. The highest BCUT2D eigenvalue weighted by atomic mass is 19.3. The van der Waals surface area contributed by atoms with Gasteiger partial charge in [-0.3, -0.25) is 4.90 Å². The molecule has 0 saturated carbocycles. The van der Waals surface area contributed by atoms with Gasteiger partial charge in [0.25, 0.3) is 0 Å². The highest BCUT2D eigenvalue weighted by Crippen LogP contribution is 2.31. The maximum Gasteiger partial charge on any atom is 0.387 e. The fourth-order valence-corrected chi connectivity index (χ4v) is 3.10. The van der Waals surface area contributed by atoms with Crippen LogP contribution in [0.1, 0.15) is 32.3 Å². The maximum absolute atomic E-state index is 12.4. The third kappa shape index (κ3) is 5.04. The Labute approximate surface area is 136 Å². The summed E-state index contributed by atoms with van der Waals surface area (Å²) in [6.07, 6.45) is 2.25. The standard InChI is InChI=1S/C17H26F2N2O2/c1-3-22-16-9-13(4-5-15(16)23-17(18)19)11-21-7-6-12(2)8-14(21)10-20/h4-5,9,12,14,17H,3,6-8,10-11,20H2,1-2H3. The summed E-state index contributed by atoms with van der Waals surface area (Å²) in [7, 11) is 0. The number of piperidine rings is 1. The quantitative estimate of drug-likeness (QED) is 0.835. The minimum Gasteiger partial charge on any atom is -0.490 e. The lowest BCUT2D eigenvalue weighted by Gasteiger charge is -2.38. The number of rotatable bonds is 7. The average Bonchev–Trinajstić information content (AvgIpc) is 2.51. The first-order valence-corrected chi connectivity index (χ1v) is 8.18. The first kappa shape index (κ1) is 17.9. The van der Waals surface area contributed by atoms with E-state index in [1.165, 1.54) is 0 Å². The Hall–Kier alpha value is -1.40. The SMILES string of the molecule is CCOc1cc(CN2CCC(C)CC2CN)ccc1OC(F)F. The Balaban J connectivity index is 2.11. The van der Waals surface area contributed by atoms with Crippen LogP contribution >= 0.6 is 0 Å². The lowest BCUT2D eigenvalue weighted by Crippen LogP contribution is -2.45. The van der Waals surface area contributed by atoms with Crippen LogP contribution in [0.25, 0.3) is 0 Å². The van der Waals surface area contributed by atoms with Gasteiger partial charge < -0.3 is 15.2 Å². The highest BCUT2D eigenvalue weighted by molar-refractivity contribution is 5.43. The number of hydrogen-bond donors (Lipinski definition) is 1. The Morgan fingerprint density at radius 3 is 2.78 bits per heavy atom. The van der Waals surface area contributed by atoms with Gasteiger partial charge in [0.05, 0.1) is 6.61 Å². The monoisotopic (exact) mass is 328 g/mol. The number of alkyl halides is 2. The van der Waals surface area contributed by atoms with Crippen LogP contribution < -0.4 is 15.2 Å².